The van der Waals surface area contributed by atoms with Gasteiger partial charge in [-0.05, 0) is 39.7 Å². The minimum absolute atomic E-state index is 0.0745. The van der Waals surface area contributed by atoms with Gasteiger partial charge in [0, 0.05) is 31.4 Å². The monoisotopic (exact) mass is 392 g/mol. The Morgan fingerprint density at radius 1 is 1.30 bits per heavy atom. The first-order valence-corrected chi connectivity index (χ1v) is 9.38. The molecule has 2 aromatic heterocycles. The number of hydrogen-bond acceptors (Lipinski definition) is 6. The molecule has 2 aromatic rings. The zero-order valence-corrected chi connectivity index (χ0v) is 16.8. The maximum atomic E-state index is 12.0. The zero-order valence-electron chi connectivity index (χ0n) is 16.1. The van der Waals surface area contributed by atoms with E-state index in [1.807, 2.05) is 26.8 Å². The molecule has 1 saturated heterocycles. The van der Waals surface area contributed by atoms with Crippen LogP contribution in [0.2, 0.25) is 5.02 Å². The van der Waals surface area contributed by atoms with Crippen LogP contribution in [0.25, 0.3) is 11.0 Å². The lowest BCUT2D eigenvalue weighted by Crippen LogP contribution is -2.46. The van der Waals surface area contributed by atoms with Crippen molar-refractivity contribution in [3.63, 3.8) is 0 Å². The number of aromatic nitrogens is 2. The number of nitrogens with zero attached hydrogens (tertiary/aromatic N) is 3. The molecule has 0 atom stereocenters. The SMILES string of the molecule is COc1ccc2ncc(Cl)c(N3CCC(NC(=O)OC(C)(C)C)CC3)c2n1. The molecule has 0 saturated carbocycles. The van der Waals surface area contributed by atoms with Crippen LogP contribution in [0.4, 0.5) is 10.5 Å². The van der Waals surface area contributed by atoms with Crippen LogP contribution in [0.1, 0.15) is 33.6 Å². The molecule has 0 aromatic carbocycles. The molecule has 146 valence electrons. The highest BCUT2D eigenvalue weighted by molar-refractivity contribution is 6.34. The predicted octanol–water partition coefficient (Wildman–Crippen LogP) is 3.79. The molecule has 1 aliphatic rings. The van der Waals surface area contributed by atoms with Gasteiger partial charge in [-0.25, -0.2) is 9.78 Å². The average Bonchev–Trinajstić information content (AvgIpc) is 2.60. The van der Waals surface area contributed by atoms with Crippen LogP contribution < -0.4 is 15.0 Å². The van der Waals surface area contributed by atoms with Gasteiger partial charge in [0.25, 0.3) is 0 Å². The van der Waals surface area contributed by atoms with Gasteiger partial charge >= 0.3 is 6.09 Å². The smallest absolute Gasteiger partial charge is 0.407 e. The number of amides is 1. The van der Waals surface area contributed by atoms with Crippen LogP contribution in [0.3, 0.4) is 0 Å². The minimum atomic E-state index is -0.501. The van der Waals surface area contributed by atoms with Gasteiger partial charge in [0.15, 0.2) is 0 Å². The first-order valence-electron chi connectivity index (χ1n) is 9.00. The lowest BCUT2D eigenvalue weighted by molar-refractivity contribution is 0.0497. The summed E-state index contributed by atoms with van der Waals surface area (Å²) in [7, 11) is 1.58. The Hall–Kier alpha value is -2.28. The largest absolute Gasteiger partial charge is 0.481 e. The summed E-state index contributed by atoms with van der Waals surface area (Å²) in [5, 5.41) is 3.51. The van der Waals surface area contributed by atoms with E-state index in [0.717, 1.165) is 42.7 Å². The molecule has 27 heavy (non-hydrogen) atoms. The Morgan fingerprint density at radius 3 is 2.63 bits per heavy atom. The fourth-order valence-corrected chi connectivity index (χ4v) is 3.41. The Balaban J connectivity index is 1.73. The molecule has 3 rings (SSSR count). The van der Waals surface area contributed by atoms with Crippen molar-refractivity contribution in [1.29, 1.82) is 0 Å². The Morgan fingerprint density at radius 2 is 2.00 bits per heavy atom. The number of pyridine rings is 2. The first-order chi connectivity index (χ1) is 12.8. The third kappa shape index (κ3) is 4.71. The molecule has 1 N–H and O–H groups in total. The van der Waals surface area contributed by atoms with Crippen LogP contribution in [-0.2, 0) is 4.74 Å². The van der Waals surface area contributed by atoms with Crippen LogP contribution >= 0.6 is 11.6 Å². The fourth-order valence-electron chi connectivity index (χ4n) is 3.15. The lowest BCUT2D eigenvalue weighted by atomic mass is 10.0. The number of carbonyl (C=O) groups excluding carboxylic acids is 1. The average molecular weight is 393 g/mol. The van der Waals surface area contributed by atoms with Gasteiger partial charge in [-0.3, -0.25) is 4.98 Å². The van der Waals surface area contributed by atoms with Gasteiger partial charge in [-0.2, -0.15) is 0 Å². The van der Waals surface area contributed by atoms with E-state index in [0.29, 0.717) is 10.9 Å². The van der Waals surface area contributed by atoms with Crippen molar-refractivity contribution >= 4 is 34.4 Å². The van der Waals surface area contributed by atoms with E-state index in [4.69, 9.17) is 21.1 Å². The molecule has 0 unspecified atom stereocenters. The number of piperidine rings is 1. The molecule has 1 fully saturated rings. The Labute approximate surface area is 164 Å². The molecular weight excluding hydrogens is 368 g/mol. The quantitative estimate of drug-likeness (QED) is 0.856. The molecule has 0 aliphatic carbocycles. The second kappa shape index (κ2) is 7.76. The number of carbonyl (C=O) groups is 1. The summed E-state index contributed by atoms with van der Waals surface area (Å²) in [4.78, 5) is 23.1. The summed E-state index contributed by atoms with van der Waals surface area (Å²) >= 11 is 6.45. The topological polar surface area (TPSA) is 76.6 Å². The zero-order chi connectivity index (χ0) is 19.6. The second-order valence-electron chi connectivity index (χ2n) is 7.58. The number of anilines is 1. The lowest BCUT2D eigenvalue weighted by Gasteiger charge is -2.35. The molecule has 7 nitrogen and oxygen atoms in total. The Kier molecular flexibility index (Phi) is 5.60. The number of fused-ring (bicyclic) bond motifs is 1. The van der Waals surface area contributed by atoms with Gasteiger partial charge in [0.2, 0.25) is 5.88 Å². The van der Waals surface area contributed by atoms with Crippen molar-refractivity contribution in [1.82, 2.24) is 15.3 Å². The summed E-state index contributed by atoms with van der Waals surface area (Å²) in [6, 6.07) is 3.73. The molecule has 8 heteroatoms. The summed E-state index contributed by atoms with van der Waals surface area (Å²) < 4.78 is 10.6. The number of alkyl carbamates (subject to hydrolysis) is 1. The van der Waals surface area contributed by atoms with Crippen molar-refractivity contribution in [3.05, 3.63) is 23.4 Å². The van der Waals surface area contributed by atoms with E-state index >= 15 is 0 Å². The molecular formula is C19H25ClN4O3. The first kappa shape index (κ1) is 19.5. The van der Waals surface area contributed by atoms with Crippen molar-refractivity contribution in [2.75, 3.05) is 25.1 Å². The number of halogens is 1. The summed E-state index contributed by atoms with van der Waals surface area (Å²) in [6.45, 7) is 7.06. The fraction of sp³-hybridized carbons (Fsp3) is 0.526. The summed E-state index contributed by atoms with van der Waals surface area (Å²) in [6.07, 6.45) is 2.87. The van der Waals surface area contributed by atoms with Gasteiger partial charge in [0.1, 0.15) is 11.1 Å². The maximum Gasteiger partial charge on any atom is 0.407 e. The van der Waals surface area contributed by atoms with Gasteiger partial charge in [0.05, 0.1) is 23.3 Å². The molecule has 1 aliphatic heterocycles. The molecule has 1 amide bonds. The number of ether oxygens (including phenoxy) is 2. The van der Waals surface area contributed by atoms with Crippen LogP contribution in [-0.4, -0.2) is 47.9 Å². The molecule has 0 radical (unpaired) electrons. The van der Waals surface area contributed by atoms with Crippen molar-refractivity contribution in [3.8, 4) is 5.88 Å². The van der Waals surface area contributed by atoms with Crippen LogP contribution in [0, 0.1) is 0 Å². The highest BCUT2D eigenvalue weighted by Crippen LogP contribution is 2.34. The van der Waals surface area contributed by atoms with E-state index < -0.39 is 5.60 Å². The molecule has 0 spiro atoms. The second-order valence-corrected chi connectivity index (χ2v) is 7.99. The normalized spacial score (nSPS) is 15.7. The predicted molar refractivity (Wildman–Crippen MR) is 106 cm³/mol. The molecule has 3 heterocycles. The van der Waals surface area contributed by atoms with Gasteiger partial charge in [-0.15, -0.1) is 0 Å². The maximum absolute atomic E-state index is 12.0. The molecule has 0 bridgehead atoms. The summed E-state index contributed by atoms with van der Waals surface area (Å²) in [5.41, 5.74) is 1.85. The highest BCUT2D eigenvalue weighted by Gasteiger charge is 2.26. The van der Waals surface area contributed by atoms with E-state index in [2.05, 4.69) is 20.2 Å². The summed E-state index contributed by atoms with van der Waals surface area (Å²) in [5.74, 6) is 0.522. The highest BCUT2D eigenvalue weighted by atomic mass is 35.5. The van der Waals surface area contributed by atoms with Crippen molar-refractivity contribution in [2.24, 2.45) is 0 Å². The van der Waals surface area contributed by atoms with Gasteiger partial charge < -0.3 is 19.7 Å². The number of nitrogens with one attached hydrogen (secondary N) is 1. The standard InChI is InChI=1S/C19H25ClN4O3/c1-19(2,3)27-18(25)22-12-7-9-24(10-8-12)17-13(20)11-21-14-5-6-15(26-4)23-16(14)17/h5-6,11-12H,7-10H2,1-4H3,(H,22,25). The third-order valence-corrected chi connectivity index (χ3v) is 4.63. The number of hydrogen-bond donors (Lipinski definition) is 1. The van der Waals surface area contributed by atoms with Crippen molar-refractivity contribution < 1.29 is 14.3 Å². The van der Waals surface area contributed by atoms with Gasteiger partial charge in [-0.1, -0.05) is 11.6 Å². The third-order valence-electron chi connectivity index (χ3n) is 4.36. The van der Waals surface area contributed by atoms with Crippen LogP contribution in [0.5, 0.6) is 5.88 Å². The number of methoxy groups -OCH3 is 1. The van der Waals surface area contributed by atoms with E-state index in [-0.39, 0.29) is 12.1 Å². The van der Waals surface area contributed by atoms with E-state index in [9.17, 15) is 4.79 Å². The van der Waals surface area contributed by atoms with E-state index in [1.54, 1.807) is 19.4 Å². The number of rotatable bonds is 3. The van der Waals surface area contributed by atoms with E-state index in [1.165, 1.54) is 0 Å². The van der Waals surface area contributed by atoms with Crippen molar-refractivity contribution in [2.45, 2.75) is 45.3 Å². The minimum Gasteiger partial charge on any atom is -0.481 e. The van der Waals surface area contributed by atoms with Crippen LogP contribution in [0.15, 0.2) is 18.3 Å². The Bertz CT molecular complexity index is 830.